The van der Waals surface area contributed by atoms with Crippen molar-refractivity contribution < 1.29 is 28.6 Å². The zero-order valence-corrected chi connectivity index (χ0v) is 48.7. The van der Waals surface area contributed by atoms with Crippen molar-refractivity contribution in [1.29, 1.82) is 0 Å². The molecule has 0 saturated heterocycles. The van der Waals surface area contributed by atoms with Crippen molar-refractivity contribution in [1.82, 2.24) is 0 Å². The molecule has 0 aliphatic rings. The highest BCUT2D eigenvalue weighted by Gasteiger charge is 2.19. The van der Waals surface area contributed by atoms with E-state index in [0.717, 1.165) is 64.2 Å². The smallest absolute Gasteiger partial charge is 0.306 e. The van der Waals surface area contributed by atoms with Gasteiger partial charge in [-0.05, 0) is 70.6 Å². The number of ether oxygens (including phenoxy) is 3. The predicted molar refractivity (Wildman–Crippen MR) is 316 cm³/mol. The van der Waals surface area contributed by atoms with Crippen LogP contribution in [-0.2, 0) is 28.6 Å². The number of esters is 3. The van der Waals surface area contributed by atoms with Crippen LogP contribution in [-0.4, -0.2) is 37.2 Å². The normalized spacial score (nSPS) is 12.4. The van der Waals surface area contributed by atoms with Crippen molar-refractivity contribution in [3.63, 3.8) is 0 Å². The summed E-state index contributed by atoms with van der Waals surface area (Å²) in [6.45, 7) is 6.50. The minimum absolute atomic E-state index is 0.0989. The standard InChI is InChI=1S/C67H120O6/c1-4-7-10-13-16-19-22-25-26-27-28-29-30-31-32-33-34-35-36-37-38-39-40-43-45-48-51-54-57-60-66(69)72-63-64(73-67(70)61-58-55-52-49-46-42-24-21-18-15-12-9-6-3)62-71-65(68)59-56-53-50-47-44-41-23-20-17-14-11-8-5-2/h9,12,18,21,27-28,42,46,52,55,64H,4-8,10-11,13-17,19-20,22-26,29-41,43-45,47-51,53-54,56-63H2,1-3H3/b12-9-,21-18-,28-27-,46-42-,55-52-. The molecule has 0 saturated carbocycles. The molecule has 0 aromatic rings. The molecule has 0 rings (SSSR count). The van der Waals surface area contributed by atoms with Crippen LogP contribution in [0.5, 0.6) is 0 Å². The van der Waals surface area contributed by atoms with Crippen LogP contribution < -0.4 is 0 Å². The quantitative estimate of drug-likeness (QED) is 0.0261. The molecule has 6 nitrogen and oxygen atoms in total. The van der Waals surface area contributed by atoms with E-state index in [9.17, 15) is 14.4 Å². The fourth-order valence-electron chi connectivity index (χ4n) is 9.28. The van der Waals surface area contributed by atoms with Gasteiger partial charge in [0.1, 0.15) is 13.2 Å². The molecule has 0 N–H and O–H groups in total. The summed E-state index contributed by atoms with van der Waals surface area (Å²) < 4.78 is 16.8. The third-order valence-electron chi connectivity index (χ3n) is 14.0. The number of allylic oxidation sites excluding steroid dienone is 10. The summed E-state index contributed by atoms with van der Waals surface area (Å²) in [6.07, 6.45) is 78.4. The second kappa shape index (κ2) is 61.7. The van der Waals surface area contributed by atoms with Crippen molar-refractivity contribution in [2.75, 3.05) is 13.2 Å². The van der Waals surface area contributed by atoms with Crippen molar-refractivity contribution in [3.05, 3.63) is 60.8 Å². The van der Waals surface area contributed by atoms with Crippen molar-refractivity contribution in [2.24, 2.45) is 0 Å². The number of hydrogen-bond donors (Lipinski definition) is 0. The first-order valence-electron chi connectivity index (χ1n) is 31.8. The van der Waals surface area contributed by atoms with E-state index in [4.69, 9.17) is 14.2 Å². The van der Waals surface area contributed by atoms with Gasteiger partial charge in [-0.1, -0.05) is 300 Å². The lowest BCUT2D eigenvalue weighted by atomic mass is 10.0. The molecule has 0 fully saturated rings. The molecular formula is C67H120O6. The SMILES string of the molecule is CC/C=C\C/C=C\C/C=C\C/C=C\CCC(=O)OC(COC(=O)CCCCCCCCCCCCCCC)COC(=O)CCCCCCCCCCCCCCCCCCC/C=C\CCCCCCCCCC. The number of unbranched alkanes of at least 4 members (excludes halogenated alkanes) is 37. The Morgan fingerprint density at radius 2 is 0.562 bits per heavy atom. The molecule has 73 heavy (non-hydrogen) atoms. The van der Waals surface area contributed by atoms with Crippen molar-refractivity contribution in [2.45, 2.75) is 335 Å². The summed E-state index contributed by atoms with van der Waals surface area (Å²) in [4.78, 5) is 38.1. The molecule has 0 aliphatic heterocycles. The van der Waals surface area contributed by atoms with Crippen LogP contribution in [0.3, 0.4) is 0 Å². The molecule has 424 valence electrons. The first-order valence-corrected chi connectivity index (χ1v) is 31.8. The van der Waals surface area contributed by atoms with Crippen LogP contribution in [0, 0.1) is 0 Å². The first-order chi connectivity index (χ1) is 36.0. The topological polar surface area (TPSA) is 78.9 Å². The molecule has 6 heteroatoms. The molecule has 0 aromatic carbocycles. The summed E-state index contributed by atoms with van der Waals surface area (Å²) in [5.74, 6) is -0.966. The average Bonchev–Trinajstić information content (AvgIpc) is 3.39. The van der Waals surface area contributed by atoms with Gasteiger partial charge in [-0.25, -0.2) is 0 Å². The summed E-state index contributed by atoms with van der Waals surface area (Å²) in [7, 11) is 0. The van der Waals surface area contributed by atoms with Crippen molar-refractivity contribution in [3.8, 4) is 0 Å². The van der Waals surface area contributed by atoms with Gasteiger partial charge in [0.25, 0.3) is 0 Å². The minimum Gasteiger partial charge on any atom is -0.462 e. The largest absolute Gasteiger partial charge is 0.462 e. The molecule has 1 atom stereocenters. The van der Waals surface area contributed by atoms with Crippen molar-refractivity contribution >= 4 is 17.9 Å². The fraction of sp³-hybridized carbons (Fsp3) is 0.806. The molecule has 0 bridgehead atoms. The Bertz CT molecular complexity index is 1310. The van der Waals surface area contributed by atoms with Gasteiger partial charge in [-0.2, -0.15) is 0 Å². The van der Waals surface area contributed by atoms with Gasteiger partial charge in [-0.15, -0.1) is 0 Å². The molecule has 0 amide bonds. The maximum absolute atomic E-state index is 12.8. The summed E-state index contributed by atoms with van der Waals surface area (Å²) in [5.41, 5.74) is 0. The van der Waals surface area contributed by atoms with Gasteiger partial charge < -0.3 is 14.2 Å². The Labute approximate surface area is 453 Å². The molecule has 0 spiro atoms. The lowest BCUT2D eigenvalue weighted by molar-refractivity contribution is -0.166. The highest BCUT2D eigenvalue weighted by Crippen LogP contribution is 2.17. The number of hydrogen-bond acceptors (Lipinski definition) is 6. The van der Waals surface area contributed by atoms with Crippen LogP contribution in [0.2, 0.25) is 0 Å². The monoisotopic (exact) mass is 1020 g/mol. The van der Waals surface area contributed by atoms with Crippen LogP contribution in [0.15, 0.2) is 60.8 Å². The lowest BCUT2D eigenvalue weighted by Gasteiger charge is -2.18. The van der Waals surface area contributed by atoms with Gasteiger partial charge in [0.2, 0.25) is 0 Å². The van der Waals surface area contributed by atoms with E-state index in [-0.39, 0.29) is 37.5 Å². The maximum atomic E-state index is 12.8. The summed E-state index contributed by atoms with van der Waals surface area (Å²) in [6, 6.07) is 0. The molecule has 0 aromatic heterocycles. The number of rotatable bonds is 58. The molecule has 1 unspecified atom stereocenters. The summed E-state index contributed by atoms with van der Waals surface area (Å²) in [5, 5.41) is 0. The Morgan fingerprint density at radius 1 is 0.288 bits per heavy atom. The third-order valence-corrected chi connectivity index (χ3v) is 14.0. The van der Waals surface area contributed by atoms with E-state index in [1.165, 1.54) is 218 Å². The van der Waals surface area contributed by atoms with Gasteiger partial charge in [-0.3, -0.25) is 14.4 Å². The zero-order chi connectivity index (χ0) is 52.9. The van der Waals surface area contributed by atoms with E-state index in [1.807, 2.05) is 6.08 Å². The number of carbonyl (C=O) groups excluding carboxylic acids is 3. The second-order valence-electron chi connectivity index (χ2n) is 21.3. The Morgan fingerprint density at radius 3 is 0.890 bits per heavy atom. The molecule has 0 radical (unpaired) electrons. The predicted octanol–water partition coefficient (Wildman–Crippen LogP) is 21.6. The van der Waals surface area contributed by atoms with Crippen LogP contribution in [0.25, 0.3) is 0 Å². The van der Waals surface area contributed by atoms with Crippen LogP contribution in [0.1, 0.15) is 329 Å². The van der Waals surface area contributed by atoms with E-state index < -0.39 is 6.10 Å². The average molecular weight is 1020 g/mol. The molecular weight excluding hydrogens is 901 g/mol. The zero-order valence-electron chi connectivity index (χ0n) is 48.7. The third kappa shape index (κ3) is 59.9. The first kappa shape index (κ1) is 70.1. The lowest BCUT2D eigenvalue weighted by Crippen LogP contribution is -2.30. The van der Waals surface area contributed by atoms with Gasteiger partial charge in [0.15, 0.2) is 6.10 Å². The highest BCUT2D eigenvalue weighted by molar-refractivity contribution is 5.71. The molecule has 0 heterocycles. The molecule has 0 aliphatic carbocycles. The van der Waals surface area contributed by atoms with Crippen LogP contribution in [0.4, 0.5) is 0 Å². The summed E-state index contributed by atoms with van der Waals surface area (Å²) >= 11 is 0. The number of carbonyl (C=O) groups is 3. The van der Waals surface area contributed by atoms with Gasteiger partial charge in [0, 0.05) is 19.3 Å². The van der Waals surface area contributed by atoms with E-state index in [0.29, 0.717) is 19.3 Å². The fourth-order valence-corrected chi connectivity index (χ4v) is 9.28. The Kier molecular flexibility index (Phi) is 59.2. The Balaban J connectivity index is 4.17. The van der Waals surface area contributed by atoms with Gasteiger partial charge in [0.05, 0.1) is 0 Å². The Hall–Kier alpha value is -2.89. The van der Waals surface area contributed by atoms with E-state index in [2.05, 4.69) is 75.5 Å². The van der Waals surface area contributed by atoms with Crippen LogP contribution >= 0.6 is 0 Å². The second-order valence-corrected chi connectivity index (χ2v) is 21.3. The maximum Gasteiger partial charge on any atom is 0.306 e. The minimum atomic E-state index is -0.809. The van der Waals surface area contributed by atoms with E-state index in [1.54, 1.807) is 0 Å². The van der Waals surface area contributed by atoms with Gasteiger partial charge >= 0.3 is 17.9 Å². The van der Waals surface area contributed by atoms with E-state index >= 15 is 0 Å². The highest BCUT2D eigenvalue weighted by atomic mass is 16.6.